The number of halogens is 1. The molecule has 0 aliphatic rings. The van der Waals surface area contributed by atoms with Crippen LogP contribution in [-0.2, 0) is 10.0 Å². The fourth-order valence-electron chi connectivity index (χ4n) is 2.59. The molecule has 2 N–H and O–H groups in total. The van der Waals surface area contributed by atoms with E-state index in [1.54, 1.807) is 24.3 Å². The van der Waals surface area contributed by atoms with Crippen LogP contribution in [0.1, 0.15) is 11.4 Å². The Hall–Kier alpha value is -3.24. The number of hydrogen-bond acceptors (Lipinski definition) is 7. The summed E-state index contributed by atoms with van der Waals surface area (Å²) in [5, 5.41) is 13.9. The normalized spacial score (nSPS) is 11.1. The molecule has 0 saturated carbocycles. The molecular weight excluding hydrogens is 418 g/mol. The minimum Gasteiger partial charge on any atom is -0.324 e. The van der Waals surface area contributed by atoms with E-state index in [1.807, 2.05) is 19.9 Å². The molecule has 3 rings (SSSR count). The third-order valence-electron chi connectivity index (χ3n) is 3.78. The number of benzene rings is 2. The van der Waals surface area contributed by atoms with Crippen LogP contribution in [-0.4, -0.2) is 23.3 Å². The van der Waals surface area contributed by atoms with E-state index in [4.69, 9.17) is 11.6 Å². The van der Waals surface area contributed by atoms with Crippen molar-refractivity contribution in [3.05, 3.63) is 75.1 Å². The first-order valence-electron chi connectivity index (χ1n) is 8.30. The summed E-state index contributed by atoms with van der Waals surface area (Å²) in [7, 11) is -4.06. The van der Waals surface area contributed by atoms with Crippen LogP contribution in [0.5, 0.6) is 0 Å². The van der Waals surface area contributed by atoms with Crippen molar-refractivity contribution in [2.24, 2.45) is 0 Å². The Morgan fingerprint density at radius 3 is 2.31 bits per heavy atom. The second kappa shape index (κ2) is 8.02. The molecule has 0 unspecified atom stereocenters. The molecule has 1 heterocycles. The number of nitro benzene ring substituents is 1. The van der Waals surface area contributed by atoms with Gasteiger partial charge in [0, 0.05) is 23.1 Å². The molecule has 0 spiro atoms. The highest BCUT2D eigenvalue weighted by Crippen LogP contribution is 2.28. The van der Waals surface area contributed by atoms with E-state index in [1.165, 1.54) is 12.1 Å². The molecule has 0 amide bonds. The number of aryl methyl sites for hydroxylation is 2. The summed E-state index contributed by atoms with van der Waals surface area (Å²) in [5.41, 5.74) is 1.92. The van der Waals surface area contributed by atoms with Gasteiger partial charge in [-0.3, -0.25) is 14.8 Å². The number of nitrogens with one attached hydrogen (secondary N) is 2. The van der Waals surface area contributed by atoms with Crippen LogP contribution in [0.15, 0.2) is 53.4 Å². The van der Waals surface area contributed by atoms with Crippen molar-refractivity contribution in [3.8, 4) is 0 Å². The largest absolute Gasteiger partial charge is 0.324 e. The van der Waals surface area contributed by atoms with E-state index in [0.29, 0.717) is 11.6 Å². The Labute approximate surface area is 172 Å². The van der Waals surface area contributed by atoms with Crippen LogP contribution in [0.2, 0.25) is 5.02 Å². The van der Waals surface area contributed by atoms with E-state index in [9.17, 15) is 18.5 Å². The molecular formula is C18H16ClN5O4S. The van der Waals surface area contributed by atoms with Crippen LogP contribution in [0.4, 0.5) is 23.0 Å². The van der Waals surface area contributed by atoms with Crippen molar-refractivity contribution in [2.75, 3.05) is 10.0 Å². The van der Waals surface area contributed by atoms with Crippen molar-refractivity contribution < 1.29 is 13.3 Å². The summed E-state index contributed by atoms with van der Waals surface area (Å²) < 4.78 is 27.6. The van der Waals surface area contributed by atoms with Crippen LogP contribution >= 0.6 is 11.6 Å². The van der Waals surface area contributed by atoms with Crippen molar-refractivity contribution in [1.82, 2.24) is 9.97 Å². The Kier molecular flexibility index (Phi) is 5.66. The number of nitro groups is 1. The molecule has 2 aromatic carbocycles. The minimum atomic E-state index is -4.06. The lowest BCUT2D eigenvalue weighted by Crippen LogP contribution is -2.13. The third kappa shape index (κ3) is 4.98. The lowest BCUT2D eigenvalue weighted by atomic mass is 10.3. The van der Waals surface area contributed by atoms with Gasteiger partial charge in [0.15, 0.2) is 0 Å². The van der Waals surface area contributed by atoms with E-state index in [-0.39, 0.29) is 15.6 Å². The SMILES string of the molecule is Cc1cc(C)nc(Nc2cccc(NS(=O)(=O)c3ccc(Cl)c([N+](=O)[O-])c3)c2)n1. The maximum atomic E-state index is 12.6. The quantitative estimate of drug-likeness (QED) is 0.440. The second-order valence-corrected chi connectivity index (χ2v) is 8.25. The Balaban J connectivity index is 1.86. The molecule has 0 aliphatic carbocycles. The predicted molar refractivity (Wildman–Crippen MR) is 110 cm³/mol. The van der Waals surface area contributed by atoms with Crippen LogP contribution in [0.25, 0.3) is 0 Å². The van der Waals surface area contributed by atoms with Gasteiger partial charge in [-0.25, -0.2) is 18.4 Å². The molecule has 0 aliphatic heterocycles. The smallest absolute Gasteiger partial charge is 0.289 e. The Morgan fingerprint density at radius 2 is 1.66 bits per heavy atom. The van der Waals surface area contributed by atoms with Gasteiger partial charge in [-0.05, 0) is 50.2 Å². The molecule has 0 radical (unpaired) electrons. The fraction of sp³-hybridized carbons (Fsp3) is 0.111. The number of anilines is 3. The number of aromatic nitrogens is 2. The number of rotatable bonds is 6. The first-order chi connectivity index (χ1) is 13.6. The van der Waals surface area contributed by atoms with Gasteiger partial charge >= 0.3 is 0 Å². The van der Waals surface area contributed by atoms with Gasteiger partial charge in [0.25, 0.3) is 15.7 Å². The maximum absolute atomic E-state index is 12.6. The fourth-order valence-corrected chi connectivity index (χ4v) is 3.84. The van der Waals surface area contributed by atoms with Crippen molar-refractivity contribution in [2.45, 2.75) is 18.7 Å². The van der Waals surface area contributed by atoms with Crippen molar-refractivity contribution >= 4 is 44.6 Å². The first kappa shape index (κ1) is 20.5. The van der Waals surface area contributed by atoms with Gasteiger partial charge in [-0.1, -0.05) is 17.7 Å². The highest BCUT2D eigenvalue weighted by atomic mass is 35.5. The summed E-state index contributed by atoms with van der Waals surface area (Å²) in [4.78, 5) is 18.6. The average molecular weight is 434 g/mol. The summed E-state index contributed by atoms with van der Waals surface area (Å²) in [6.45, 7) is 3.69. The van der Waals surface area contributed by atoms with Crippen LogP contribution in [0, 0.1) is 24.0 Å². The van der Waals surface area contributed by atoms with Crippen LogP contribution in [0.3, 0.4) is 0 Å². The van der Waals surface area contributed by atoms with Gasteiger partial charge < -0.3 is 5.32 Å². The van der Waals surface area contributed by atoms with E-state index in [0.717, 1.165) is 17.5 Å². The second-order valence-electron chi connectivity index (χ2n) is 6.16. The van der Waals surface area contributed by atoms with Gasteiger partial charge in [-0.2, -0.15) is 0 Å². The molecule has 0 fully saturated rings. The lowest BCUT2D eigenvalue weighted by molar-refractivity contribution is -0.384. The number of sulfonamides is 1. The highest BCUT2D eigenvalue weighted by Gasteiger charge is 2.21. The van der Waals surface area contributed by atoms with Crippen molar-refractivity contribution in [1.29, 1.82) is 0 Å². The standard InChI is InChI=1S/C18H16ClN5O4S/c1-11-8-12(2)21-18(20-11)22-13-4-3-5-14(9-13)23-29(27,28)15-6-7-16(19)17(10-15)24(25)26/h3-10,23H,1-2H3,(H,20,21,22). The molecule has 150 valence electrons. The van der Waals surface area contributed by atoms with E-state index < -0.39 is 20.6 Å². The predicted octanol–water partition coefficient (Wildman–Crippen LogP) is 4.20. The number of hydrogen-bond donors (Lipinski definition) is 2. The maximum Gasteiger partial charge on any atom is 0.289 e. The van der Waals surface area contributed by atoms with E-state index >= 15 is 0 Å². The highest BCUT2D eigenvalue weighted by molar-refractivity contribution is 7.92. The van der Waals surface area contributed by atoms with Gasteiger partial charge in [0.1, 0.15) is 5.02 Å². The van der Waals surface area contributed by atoms with Gasteiger partial charge in [-0.15, -0.1) is 0 Å². The molecule has 11 heteroatoms. The zero-order valence-corrected chi connectivity index (χ0v) is 17.0. The Bertz CT molecular complexity index is 1180. The molecule has 0 atom stereocenters. The summed E-state index contributed by atoms with van der Waals surface area (Å²) in [6.07, 6.45) is 0. The average Bonchev–Trinajstić information content (AvgIpc) is 2.60. The first-order valence-corrected chi connectivity index (χ1v) is 10.2. The molecule has 1 aromatic heterocycles. The monoisotopic (exact) mass is 433 g/mol. The molecule has 0 saturated heterocycles. The molecule has 9 nitrogen and oxygen atoms in total. The van der Waals surface area contributed by atoms with Gasteiger partial charge in [0.05, 0.1) is 15.5 Å². The molecule has 29 heavy (non-hydrogen) atoms. The third-order valence-corrected chi connectivity index (χ3v) is 5.48. The molecule has 3 aromatic rings. The van der Waals surface area contributed by atoms with Gasteiger partial charge in [0.2, 0.25) is 5.95 Å². The van der Waals surface area contributed by atoms with Crippen molar-refractivity contribution in [3.63, 3.8) is 0 Å². The molecule has 0 bridgehead atoms. The summed E-state index contributed by atoms with van der Waals surface area (Å²) >= 11 is 5.74. The zero-order chi connectivity index (χ0) is 21.2. The Morgan fingerprint density at radius 1 is 1.00 bits per heavy atom. The zero-order valence-electron chi connectivity index (χ0n) is 15.4. The summed E-state index contributed by atoms with van der Waals surface area (Å²) in [6, 6.07) is 11.6. The number of nitrogens with zero attached hydrogens (tertiary/aromatic N) is 3. The summed E-state index contributed by atoms with van der Waals surface area (Å²) in [5.74, 6) is 0.385. The topological polar surface area (TPSA) is 127 Å². The lowest BCUT2D eigenvalue weighted by Gasteiger charge is -2.11. The minimum absolute atomic E-state index is 0.145. The van der Waals surface area contributed by atoms with E-state index in [2.05, 4.69) is 20.0 Å². The van der Waals surface area contributed by atoms with Crippen LogP contribution < -0.4 is 10.0 Å².